The Kier molecular flexibility index (Phi) is 4.47. The second kappa shape index (κ2) is 7.18. The van der Waals surface area contributed by atoms with Gasteiger partial charge < -0.3 is 15.3 Å². The Bertz CT molecular complexity index is 1420. The fraction of sp³-hybridized carbons (Fsp3) is 0.227. The average molecular weight is 423 g/mol. The van der Waals surface area contributed by atoms with Gasteiger partial charge in [0.15, 0.2) is 0 Å². The predicted octanol–water partition coefficient (Wildman–Crippen LogP) is 3.02. The molecule has 30 heavy (non-hydrogen) atoms. The number of carbonyl (C=O) groups is 1. The normalized spacial score (nSPS) is 16.0. The van der Waals surface area contributed by atoms with E-state index >= 15 is 0 Å². The summed E-state index contributed by atoms with van der Waals surface area (Å²) in [5, 5.41) is 5.06. The van der Waals surface area contributed by atoms with Crippen molar-refractivity contribution < 1.29 is 4.79 Å². The third-order valence-corrected chi connectivity index (χ3v) is 6.03. The van der Waals surface area contributed by atoms with E-state index in [4.69, 9.17) is 11.6 Å². The maximum absolute atomic E-state index is 12.7. The summed E-state index contributed by atoms with van der Waals surface area (Å²) in [7, 11) is 0. The van der Waals surface area contributed by atoms with Crippen molar-refractivity contribution in [1.82, 2.24) is 19.9 Å². The third kappa shape index (κ3) is 3.02. The first kappa shape index (κ1) is 18.7. The monoisotopic (exact) mass is 422 g/mol. The zero-order valence-electron chi connectivity index (χ0n) is 16.0. The number of aryl methyl sites for hydroxylation is 1. The highest BCUT2D eigenvalue weighted by Crippen LogP contribution is 2.36. The Balaban J connectivity index is 1.45. The van der Waals surface area contributed by atoms with Gasteiger partial charge in [-0.05, 0) is 43.0 Å². The molecule has 0 aliphatic heterocycles. The molecule has 4 aromatic rings. The van der Waals surface area contributed by atoms with E-state index in [0.29, 0.717) is 15.9 Å². The lowest BCUT2D eigenvalue weighted by Gasteiger charge is -2.24. The van der Waals surface area contributed by atoms with Crippen molar-refractivity contribution in [3.8, 4) is 0 Å². The molecule has 0 radical (unpaired) electrons. The molecule has 1 aliphatic rings. The maximum atomic E-state index is 12.7. The quantitative estimate of drug-likeness (QED) is 0.473. The summed E-state index contributed by atoms with van der Waals surface area (Å²) in [6.07, 6.45) is 2.60. The molecule has 0 fully saturated rings. The molecular weight excluding hydrogens is 404 g/mol. The fourth-order valence-electron chi connectivity index (χ4n) is 4.32. The fourth-order valence-corrected chi connectivity index (χ4v) is 4.54. The topological polar surface area (TPSA) is 99.8 Å². The number of carbonyl (C=O) groups excluding carboxylic acids is 1. The number of amides is 1. The lowest BCUT2D eigenvalue weighted by atomic mass is 9.91. The van der Waals surface area contributed by atoms with Crippen molar-refractivity contribution in [2.24, 2.45) is 0 Å². The van der Waals surface area contributed by atoms with E-state index in [2.05, 4.69) is 15.3 Å². The SMILES string of the molecule is O=C(Cn1c(=O)[nH]c2ccccc2c1=O)N[C@H]1CCCc2c1[nH]c1c(Cl)cccc21. The Morgan fingerprint density at radius 3 is 2.77 bits per heavy atom. The predicted molar refractivity (Wildman–Crippen MR) is 116 cm³/mol. The summed E-state index contributed by atoms with van der Waals surface area (Å²) >= 11 is 6.33. The number of fused-ring (bicyclic) bond motifs is 4. The van der Waals surface area contributed by atoms with Crippen LogP contribution in [0.15, 0.2) is 52.1 Å². The molecule has 152 valence electrons. The van der Waals surface area contributed by atoms with E-state index in [1.807, 2.05) is 18.2 Å². The van der Waals surface area contributed by atoms with Gasteiger partial charge in [-0.3, -0.25) is 14.2 Å². The summed E-state index contributed by atoms with van der Waals surface area (Å²) in [5.41, 5.74) is 2.34. The minimum Gasteiger partial charge on any atom is -0.355 e. The van der Waals surface area contributed by atoms with Crippen LogP contribution in [0.25, 0.3) is 21.8 Å². The van der Waals surface area contributed by atoms with Crippen LogP contribution in [-0.4, -0.2) is 20.4 Å². The van der Waals surface area contributed by atoms with Gasteiger partial charge in [0.2, 0.25) is 5.91 Å². The number of nitrogens with one attached hydrogen (secondary N) is 3. The van der Waals surface area contributed by atoms with Gasteiger partial charge in [0.05, 0.1) is 27.5 Å². The van der Waals surface area contributed by atoms with Crippen molar-refractivity contribution in [2.75, 3.05) is 0 Å². The smallest absolute Gasteiger partial charge is 0.329 e. The highest BCUT2D eigenvalue weighted by molar-refractivity contribution is 6.35. The Morgan fingerprint density at radius 2 is 1.90 bits per heavy atom. The highest BCUT2D eigenvalue weighted by Gasteiger charge is 2.26. The maximum Gasteiger partial charge on any atom is 0.329 e. The summed E-state index contributed by atoms with van der Waals surface area (Å²) in [5.74, 6) is -0.388. The standard InChI is InChI=1S/C22H19ClN4O3/c23-15-8-3-6-12-13-7-4-10-17(20(13)26-19(12)15)24-18(28)11-27-21(29)14-5-1-2-9-16(14)25-22(27)30/h1-3,5-6,8-9,17,26H,4,7,10-11H2,(H,24,28)(H,25,30)/t17-/m0/s1. The number of halogens is 1. The van der Waals surface area contributed by atoms with Gasteiger partial charge >= 0.3 is 5.69 Å². The van der Waals surface area contributed by atoms with E-state index in [9.17, 15) is 14.4 Å². The zero-order chi connectivity index (χ0) is 20.8. The number of hydrogen-bond donors (Lipinski definition) is 3. The number of para-hydroxylation sites is 2. The van der Waals surface area contributed by atoms with Gasteiger partial charge in [0.1, 0.15) is 6.54 Å². The van der Waals surface area contributed by atoms with E-state index in [0.717, 1.165) is 46.0 Å². The molecule has 1 amide bonds. The van der Waals surface area contributed by atoms with Gasteiger partial charge in [0, 0.05) is 11.1 Å². The van der Waals surface area contributed by atoms with E-state index in [-0.39, 0.29) is 18.5 Å². The lowest BCUT2D eigenvalue weighted by Crippen LogP contribution is -2.41. The minimum atomic E-state index is -0.601. The minimum absolute atomic E-state index is 0.222. The van der Waals surface area contributed by atoms with Gasteiger partial charge in [-0.25, -0.2) is 4.79 Å². The van der Waals surface area contributed by atoms with Crippen LogP contribution in [0.4, 0.5) is 0 Å². The molecule has 0 spiro atoms. The molecule has 8 heteroatoms. The zero-order valence-corrected chi connectivity index (χ0v) is 16.8. The number of nitrogens with zero attached hydrogens (tertiary/aromatic N) is 1. The van der Waals surface area contributed by atoms with Crippen molar-refractivity contribution >= 4 is 39.3 Å². The van der Waals surface area contributed by atoms with Crippen LogP contribution in [0.1, 0.15) is 30.1 Å². The Morgan fingerprint density at radius 1 is 1.10 bits per heavy atom. The summed E-state index contributed by atoms with van der Waals surface area (Å²) in [6, 6.07) is 12.3. The Hall–Kier alpha value is -3.32. The number of H-pyrrole nitrogens is 2. The van der Waals surface area contributed by atoms with E-state index in [1.165, 1.54) is 0 Å². The van der Waals surface area contributed by atoms with Crippen LogP contribution in [0.5, 0.6) is 0 Å². The van der Waals surface area contributed by atoms with Crippen molar-refractivity contribution in [3.05, 3.63) is 79.6 Å². The molecule has 2 heterocycles. The largest absolute Gasteiger partial charge is 0.355 e. The van der Waals surface area contributed by atoms with Crippen molar-refractivity contribution in [1.29, 1.82) is 0 Å². The van der Waals surface area contributed by atoms with Crippen molar-refractivity contribution in [3.63, 3.8) is 0 Å². The number of rotatable bonds is 3. The molecule has 1 atom stereocenters. The van der Waals surface area contributed by atoms with Crippen molar-refractivity contribution in [2.45, 2.75) is 31.8 Å². The van der Waals surface area contributed by atoms with Crippen LogP contribution in [0, 0.1) is 0 Å². The third-order valence-electron chi connectivity index (χ3n) is 5.72. The Labute approximate surface area is 175 Å². The first-order valence-electron chi connectivity index (χ1n) is 9.83. The molecule has 5 rings (SSSR count). The van der Waals surface area contributed by atoms with Crippen LogP contribution in [0.2, 0.25) is 5.02 Å². The molecule has 0 unspecified atom stereocenters. The lowest BCUT2D eigenvalue weighted by molar-refractivity contribution is -0.122. The molecule has 1 aliphatic carbocycles. The molecule has 2 aromatic heterocycles. The van der Waals surface area contributed by atoms with Crippen LogP contribution < -0.4 is 16.6 Å². The first-order valence-corrected chi connectivity index (χ1v) is 10.2. The molecule has 3 N–H and O–H groups in total. The first-order chi connectivity index (χ1) is 14.5. The van der Waals surface area contributed by atoms with Gasteiger partial charge in [-0.2, -0.15) is 0 Å². The van der Waals surface area contributed by atoms with E-state index < -0.39 is 11.2 Å². The van der Waals surface area contributed by atoms with Crippen LogP contribution in [0.3, 0.4) is 0 Å². The average Bonchev–Trinajstić information content (AvgIpc) is 3.12. The summed E-state index contributed by atoms with van der Waals surface area (Å²) in [6.45, 7) is -0.341. The number of benzene rings is 2. The molecular formula is C22H19ClN4O3. The summed E-state index contributed by atoms with van der Waals surface area (Å²) < 4.78 is 0.934. The van der Waals surface area contributed by atoms with Gasteiger partial charge in [-0.15, -0.1) is 0 Å². The molecule has 0 saturated carbocycles. The second-order valence-electron chi connectivity index (χ2n) is 7.56. The number of aromatic amines is 2. The molecule has 2 aromatic carbocycles. The van der Waals surface area contributed by atoms with Gasteiger partial charge in [0.25, 0.3) is 5.56 Å². The number of hydrogen-bond acceptors (Lipinski definition) is 3. The number of aromatic nitrogens is 3. The van der Waals surface area contributed by atoms with Crippen LogP contribution in [-0.2, 0) is 17.8 Å². The highest BCUT2D eigenvalue weighted by atomic mass is 35.5. The molecule has 0 bridgehead atoms. The van der Waals surface area contributed by atoms with Gasteiger partial charge in [-0.1, -0.05) is 35.9 Å². The van der Waals surface area contributed by atoms with Crippen LogP contribution >= 0.6 is 11.6 Å². The molecule has 0 saturated heterocycles. The van der Waals surface area contributed by atoms with E-state index in [1.54, 1.807) is 24.3 Å². The summed E-state index contributed by atoms with van der Waals surface area (Å²) in [4.78, 5) is 43.8. The molecule has 7 nitrogen and oxygen atoms in total. The second-order valence-corrected chi connectivity index (χ2v) is 7.97.